The average molecular weight is 328 g/mol. The zero-order chi connectivity index (χ0) is 15.6. The molecule has 1 aromatic carbocycles. The maximum atomic E-state index is 13.8. The molecule has 1 N–H and O–H groups in total. The van der Waals surface area contributed by atoms with Gasteiger partial charge in [0.2, 0.25) is 0 Å². The second kappa shape index (κ2) is 6.24. The maximum Gasteiger partial charge on any atom is 0.350 e. The fourth-order valence-corrected chi connectivity index (χ4v) is 2.80. The monoisotopic (exact) mass is 327 g/mol. The van der Waals surface area contributed by atoms with Crippen LogP contribution in [0.4, 0.5) is 10.1 Å². The van der Waals surface area contributed by atoms with E-state index in [1.165, 1.54) is 25.3 Å². The first kappa shape index (κ1) is 15.5. The smallest absolute Gasteiger partial charge is 0.350 e. The van der Waals surface area contributed by atoms with E-state index in [9.17, 15) is 14.0 Å². The van der Waals surface area contributed by atoms with Gasteiger partial charge in [0.15, 0.2) is 5.82 Å². The highest BCUT2D eigenvalue weighted by Crippen LogP contribution is 2.29. The molecule has 1 amide bonds. The molecule has 0 aliphatic carbocycles. The highest BCUT2D eigenvalue weighted by Gasteiger charge is 2.21. The van der Waals surface area contributed by atoms with E-state index in [4.69, 9.17) is 11.6 Å². The van der Waals surface area contributed by atoms with Crippen LogP contribution < -0.4 is 5.32 Å². The Hall–Kier alpha value is -1.92. The first-order valence-corrected chi connectivity index (χ1v) is 7.13. The largest absolute Gasteiger partial charge is 0.465 e. The minimum atomic E-state index is -0.802. The molecule has 1 aromatic heterocycles. The number of aryl methyl sites for hydroxylation is 1. The fraction of sp³-hybridized carbons (Fsp3) is 0.143. The Balaban J connectivity index is 2.34. The van der Waals surface area contributed by atoms with Crippen molar-refractivity contribution in [2.45, 2.75) is 6.92 Å². The van der Waals surface area contributed by atoms with E-state index >= 15 is 0 Å². The van der Waals surface area contributed by atoms with Crippen LogP contribution in [0.15, 0.2) is 23.6 Å². The summed E-state index contributed by atoms with van der Waals surface area (Å²) in [4.78, 5) is 24.0. The molecule has 0 saturated heterocycles. The molecule has 0 bridgehead atoms. The van der Waals surface area contributed by atoms with Gasteiger partial charge in [-0.2, -0.15) is 0 Å². The predicted molar refractivity (Wildman–Crippen MR) is 79.8 cm³/mol. The maximum absolute atomic E-state index is 13.8. The van der Waals surface area contributed by atoms with Gasteiger partial charge in [-0.1, -0.05) is 17.7 Å². The molecule has 0 saturated carbocycles. The molecule has 7 heteroatoms. The van der Waals surface area contributed by atoms with Gasteiger partial charge in [-0.15, -0.1) is 11.3 Å². The van der Waals surface area contributed by atoms with E-state index in [-0.39, 0.29) is 15.5 Å². The van der Waals surface area contributed by atoms with Crippen molar-refractivity contribution < 1.29 is 18.7 Å². The quantitative estimate of drug-likeness (QED) is 0.870. The Morgan fingerprint density at radius 3 is 2.76 bits per heavy atom. The third-order valence-electron chi connectivity index (χ3n) is 2.78. The van der Waals surface area contributed by atoms with E-state index < -0.39 is 17.7 Å². The highest BCUT2D eigenvalue weighted by atomic mass is 35.5. The van der Waals surface area contributed by atoms with Gasteiger partial charge in [-0.25, -0.2) is 9.18 Å². The Kier molecular flexibility index (Phi) is 4.59. The Labute approximate surface area is 129 Å². The van der Waals surface area contributed by atoms with Gasteiger partial charge in [0.25, 0.3) is 5.91 Å². The molecule has 2 rings (SSSR count). The van der Waals surface area contributed by atoms with Gasteiger partial charge < -0.3 is 10.1 Å². The molecule has 0 aliphatic rings. The minimum absolute atomic E-state index is 0.141. The second-order valence-corrected chi connectivity index (χ2v) is 5.46. The van der Waals surface area contributed by atoms with Crippen molar-refractivity contribution in [1.29, 1.82) is 0 Å². The van der Waals surface area contributed by atoms with E-state index in [1.807, 2.05) is 0 Å². The number of amides is 1. The number of methoxy groups -OCH3 is 1. The Bertz CT molecular complexity index is 714. The van der Waals surface area contributed by atoms with Crippen molar-refractivity contribution >= 4 is 40.5 Å². The molecule has 0 aliphatic heterocycles. The lowest BCUT2D eigenvalue weighted by Gasteiger charge is -2.08. The molecule has 0 atom stereocenters. The van der Waals surface area contributed by atoms with E-state index in [2.05, 4.69) is 10.1 Å². The molecule has 0 spiro atoms. The van der Waals surface area contributed by atoms with Gasteiger partial charge >= 0.3 is 5.97 Å². The Morgan fingerprint density at radius 1 is 1.38 bits per heavy atom. The van der Waals surface area contributed by atoms with E-state index in [1.54, 1.807) is 12.3 Å². The lowest BCUT2D eigenvalue weighted by Crippen LogP contribution is -2.16. The lowest BCUT2D eigenvalue weighted by atomic mass is 10.2. The van der Waals surface area contributed by atoms with Gasteiger partial charge in [-0.3, -0.25) is 4.79 Å². The molecule has 1 heterocycles. The summed E-state index contributed by atoms with van der Waals surface area (Å²) in [5.41, 5.74) is 0.816. The summed E-state index contributed by atoms with van der Waals surface area (Å²) in [5, 5.41) is 4.09. The van der Waals surface area contributed by atoms with Gasteiger partial charge in [0, 0.05) is 0 Å². The van der Waals surface area contributed by atoms with Crippen molar-refractivity contribution in [3.8, 4) is 0 Å². The number of halogens is 2. The van der Waals surface area contributed by atoms with Crippen LogP contribution in [0.25, 0.3) is 0 Å². The zero-order valence-corrected chi connectivity index (χ0v) is 12.8. The summed E-state index contributed by atoms with van der Waals surface area (Å²) < 4.78 is 18.5. The van der Waals surface area contributed by atoms with Crippen LogP contribution in [0.2, 0.25) is 5.02 Å². The summed E-state index contributed by atoms with van der Waals surface area (Å²) >= 11 is 6.79. The molecule has 21 heavy (non-hydrogen) atoms. The van der Waals surface area contributed by atoms with Crippen LogP contribution in [-0.4, -0.2) is 19.0 Å². The molecule has 110 valence electrons. The third kappa shape index (κ3) is 3.06. The molecule has 4 nitrogen and oxygen atoms in total. The van der Waals surface area contributed by atoms with Crippen molar-refractivity contribution in [2.75, 3.05) is 12.4 Å². The molecule has 0 unspecified atom stereocenters. The number of rotatable bonds is 3. The summed E-state index contributed by atoms with van der Waals surface area (Å²) in [6.07, 6.45) is 0. The first-order valence-electron chi connectivity index (χ1n) is 5.87. The van der Waals surface area contributed by atoms with Gasteiger partial charge in [0.1, 0.15) is 4.88 Å². The lowest BCUT2D eigenvalue weighted by molar-refractivity contribution is 0.0607. The summed E-state index contributed by atoms with van der Waals surface area (Å²) in [6, 6.07) is 4.14. The summed E-state index contributed by atoms with van der Waals surface area (Å²) in [7, 11) is 1.25. The number of nitrogens with one attached hydrogen (secondary N) is 1. The van der Waals surface area contributed by atoms with Crippen molar-refractivity contribution in [1.82, 2.24) is 0 Å². The normalized spacial score (nSPS) is 10.3. The summed E-state index contributed by atoms with van der Waals surface area (Å²) in [5.74, 6) is -2.04. The molecule has 2 aromatic rings. The molecular formula is C14H11ClFNO3S. The SMILES string of the molecule is COC(=O)c1scc(C)c1NC(=O)c1cccc(Cl)c1F. The van der Waals surface area contributed by atoms with Crippen LogP contribution in [0.5, 0.6) is 0 Å². The van der Waals surface area contributed by atoms with Crippen LogP contribution >= 0.6 is 22.9 Å². The number of thiophene rings is 1. The second-order valence-electron chi connectivity index (χ2n) is 4.17. The van der Waals surface area contributed by atoms with E-state index in [0.717, 1.165) is 11.3 Å². The first-order chi connectivity index (χ1) is 9.95. The minimum Gasteiger partial charge on any atom is -0.465 e. The van der Waals surface area contributed by atoms with Crippen LogP contribution in [0, 0.1) is 12.7 Å². The summed E-state index contributed by atoms with van der Waals surface area (Å²) in [6.45, 7) is 1.73. The highest BCUT2D eigenvalue weighted by molar-refractivity contribution is 7.12. The average Bonchev–Trinajstić information content (AvgIpc) is 2.82. The number of hydrogen-bond acceptors (Lipinski definition) is 4. The van der Waals surface area contributed by atoms with Crippen molar-refractivity contribution in [2.24, 2.45) is 0 Å². The number of carbonyl (C=O) groups is 2. The van der Waals surface area contributed by atoms with Gasteiger partial charge in [-0.05, 0) is 30.0 Å². The van der Waals surface area contributed by atoms with Crippen LogP contribution in [0.3, 0.4) is 0 Å². The topological polar surface area (TPSA) is 55.4 Å². The molecular weight excluding hydrogens is 317 g/mol. The number of esters is 1. The van der Waals surface area contributed by atoms with Crippen molar-refractivity contribution in [3.63, 3.8) is 0 Å². The van der Waals surface area contributed by atoms with Gasteiger partial charge in [0.05, 0.1) is 23.4 Å². The molecule has 0 radical (unpaired) electrons. The van der Waals surface area contributed by atoms with Crippen LogP contribution in [0.1, 0.15) is 25.6 Å². The van der Waals surface area contributed by atoms with E-state index in [0.29, 0.717) is 11.3 Å². The van der Waals surface area contributed by atoms with Crippen molar-refractivity contribution in [3.05, 3.63) is 50.4 Å². The third-order valence-corrected chi connectivity index (χ3v) is 4.15. The fourth-order valence-electron chi connectivity index (χ4n) is 1.70. The molecule has 0 fully saturated rings. The number of anilines is 1. The van der Waals surface area contributed by atoms with Crippen LogP contribution in [-0.2, 0) is 4.74 Å². The number of carbonyl (C=O) groups excluding carboxylic acids is 2. The number of ether oxygens (including phenoxy) is 1. The standard InChI is InChI=1S/C14H11ClFNO3S/c1-7-6-21-12(14(19)20-2)11(7)17-13(18)8-4-3-5-9(15)10(8)16/h3-6H,1-2H3,(H,17,18). The number of hydrogen-bond donors (Lipinski definition) is 1. The number of benzene rings is 1. The Morgan fingerprint density at radius 2 is 2.10 bits per heavy atom. The zero-order valence-electron chi connectivity index (χ0n) is 11.2. The predicted octanol–water partition coefficient (Wildman–Crippen LogP) is 3.89.